The zero-order chi connectivity index (χ0) is 18.9. The van der Waals surface area contributed by atoms with E-state index in [-0.39, 0.29) is 22.3 Å². The van der Waals surface area contributed by atoms with Crippen LogP contribution >= 0.6 is 11.8 Å². The molecule has 2 aromatic carbocycles. The van der Waals surface area contributed by atoms with Gasteiger partial charge < -0.3 is 0 Å². The van der Waals surface area contributed by atoms with Crippen LogP contribution in [0.1, 0.15) is 31.4 Å². The summed E-state index contributed by atoms with van der Waals surface area (Å²) in [5.74, 6) is 0.00973. The molecule has 0 bridgehead atoms. The van der Waals surface area contributed by atoms with Crippen LogP contribution in [-0.2, 0) is 10.3 Å². The third-order valence-corrected chi connectivity index (χ3v) is 5.80. The van der Waals surface area contributed by atoms with Crippen LogP contribution in [0.5, 0.6) is 0 Å². The molecule has 0 radical (unpaired) electrons. The van der Waals surface area contributed by atoms with E-state index in [1.54, 1.807) is 7.05 Å². The number of likely N-dealkylation sites (N-methyl/N-ethyl adjacent to an activating group) is 1. The number of carbonyl (C=O) groups excluding carboxylic acids is 2. The molecule has 26 heavy (non-hydrogen) atoms. The van der Waals surface area contributed by atoms with Gasteiger partial charge in [0.2, 0.25) is 5.54 Å². The van der Waals surface area contributed by atoms with Crippen LogP contribution in [0, 0.1) is 5.92 Å². The topological polar surface area (TPSA) is 37.4 Å². The number of quaternary nitrogens is 1. The Morgan fingerprint density at radius 1 is 1.00 bits per heavy atom. The maximum Gasteiger partial charge on any atom is 0.442 e. The Morgan fingerprint density at radius 2 is 1.46 bits per heavy atom. The maximum absolute atomic E-state index is 13.8. The highest BCUT2D eigenvalue weighted by molar-refractivity contribution is 6.26. The summed E-state index contributed by atoms with van der Waals surface area (Å²) < 4.78 is 0.782. The van der Waals surface area contributed by atoms with E-state index in [0.717, 1.165) is 10.8 Å². The normalized spacial score (nSPS) is 23.3. The minimum atomic E-state index is -1.33. The Bertz CT molecular complexity index is 770. The molecule has 1 heterocycles. The molecule has 0 saturated carbocycles. The third kappa shape index (κ3) is 2.56. The summed E-state index contributed by atoms with van der Waals surface area (Å²) in [7, 11) is 1.68. The number of hydrogen-bond donors (Lipinski definition) is 0. The standard InChI is InChI=1S/C21H24ClN2O2/c1-4-16(2)15-24(3)19(25)21(23(22)20(24)26,17-11-7-5-8-12-17)18-13-9-6-10-14-18/h5-14,16H,4,15H2,1-3H3/q+1. The van der Waals surface area contributed by atoms with Crippen LogP contribution in [0.2, 0.25) is 0 Å². The second-order valence-electron chi connectivity index (χ2n) is 7.20. The van der Waals surface area contributed by atoms with E-state index in [2.05, 4.69) is 6.92 Å². The van der Waals surface area contributed by atoms with Crippen LogP contribution in [0.25, 0.3) is 0 Å². The van der Waals surface area contributed by atoms with Crippen molar-refractivity contribution in [3.05, 3.63) is 71.8 Å². The number of halogens is 1. The lowest BCUT2D eigenvalue weighted by Gasteiger charge is -2.30. The first-order chi connectivity index (χ1) is 12.4. The number of amides is 3. The average Bonchev–Trinajstić information content (AvgIpc) is 2.82. The molecule has 136 valence electrons. The largest absolute Gasteiger partial charge is 0.442 e. The predicted molar refractivity (Wildman–Crippen MR) is 102 cm³/mol. The minimum Gasteiger partial charge on any atom is -0.227 e. The van der Waals surface area contributed by atoms with Gasteiger partial charge in [0.05, 0.1) is 13.6 Å². The van der Waals surface area contributed by atoms with Gasteiger partial charge in [-0.2, -0.15) is 8.90 Å². The molecular weight excluding hydrogens is 348 g/mol. The Kier molecular flexibility index (Phi) is 4.91. The lowest BCUT2D eigenvalue weighted by molar-refractivity contribution is -0.751. The molecule has 0 aliphatic carbocycles. The van der Waals surface area contributed by atoms with Gasteiger partial charge in [0.25, 0.3) is 0 Å². The van der Waals surface area contributed by atoms with Crippen molar-refractivity contribution in [1.82, 2.24) is 4.42 Å². The van der Waals surface area contributed by atoms with Crippen molar-refractivity contribution in [3.63, 3.8) is 0 Å². The lowest BCUT2D eigenvalue weighted by Crippen LogP contribution is -2.54. The molecular formula is C21H24ClN2O2+. The van der Waals surface area contributed by atoms with Crippen molar-refractivity contribution < 1.29 is 14.1 Å². The van der Waals surface area contributed by atoms with E-state index in [1.165, 1.54) is 0 Å². The van der Waals surface area contributed by atoms with Gasteiger partial charge in [-0.3, -0.25) is 0 Å². The monoisotopic (exact) mass is 371 g/mol. The molecule has 0 N–H and O–H groups in total. The summed E-state index contributed by atoms with van der Waals surface area (Å²) >= 11 is 6.61. The number of nitrogens with zero attached hydrogens (tertiary/aromatic N) is 2. The van der Waals surface area contributed by atoms with Gasteiger partial charge in [-0.1, -0.05) is 74.5 Å². The quantitative estimate of drug-likeness (QED) is 0.439. The van der Waals surface area contributed by atoms with E-state index in [1.807, 2.05) is 67.6 Å². The number of urea groups is 1. The SMILES string of the molecule is CCC(C)C[N+]1(C)C(=O)N(Cl)C(c2ccccc2)(c2ccccc2)C1=O. The summed E-state index contributed by atoms with van der Waals surface area (Å²) in [5, 5.41) is 0. The van der Waals surface area contributed by atoms with Gasteiger partial charge in [0.15, 0.2) is 0 Å². The number of hydrogen-bond acceptors (Lipinski definition) is 2. The molecule has 2 aromatic rings. The first-order valence-electron chi connectivity index (χ1n) is 8.91. The first kappa shape index (κ1) is 18.6. The van der Waals surface area contributed by atoms with Crippen LogP contribution in [0.3, 0.4) is 0 Å². The zero-order valence-corrected chi connectivity index (χ0v) is 16.1. The lowest BCUT2D eigenvalue weighted by atomic mass is 9.82. The molecule has 3 amide bonds. The Balaban J connectivity index is 2.25. The fourth-order valence-corrected chi connectivity index (χ4v) is 4.21. The summed E-state index contributed by atoms with van der Waals surface area (Å²) in [4.78, 5) is 27.0. The molecule has 3 rings (SSSR count). The predicted octanol–water partition coefficient (Wildman–Crippen LogP) is 4.54. The molecule has 0 aromatic heterocycles. The Labute approximate surface area is 159 Å². The van der Waals surface area contributed by atoms with Crippen molar-refractivity contribution in [1.29, 1.82) is 0 Å². The van der Waals surface area contributed by atoms with E-state index in [0.29, 0.717) is 17.7 Å². The fourth-order valence-electron chi connectivity index (χ4n) is 3.78. The molecule has 0 spiro atoms. The average molecular weight is 372 g/mol. The summed E-state index contributed by atoms with van der Waals surface area (Å²) in [6.07, 6.45) is 0.889. The van der Waals surface area contributed by atoms with Crippen molar-refractivity contribution in [3.8, 4) is 0 Å². The number of rotatable bonds is 5. The van der Waals surface area contributed by atoms with E-state index >= 15 is 0 Å². The van der Waals surface area contributed by atoms with E-state index in [4.69, 9.17) is 11.8 Å². The molecule has 1 aliphatic rings. The second kappa shape index (κ2) is 6.86. The maximum atomic E-state index is 13.8. The highest BCUT2D eigenvalue weighted by Gasteiger charge is 2.69. The Morgan fingerprint density at radius 3 is 1.88 bits per heavy atom. The summed E-state index contributed by atoms with van der Waals surface area (Å²) in [6, 6.07) is 18.2. The van der Waals surface area contributed by atoms with Crippen LogP contribution < -0.4 is 0 Å². The number of benzene rings is 2. The van der Waals surface area contributed by atoms with Gasteiger partial charge in [-0.15, -0.1) is 0 Å². The Hall–Kier alpha value is -2.17. The van der Waals surface area contributed by atoms with Crippen LogP contribution in [0.4, 0.5) is 4.79 Å². The fraction of sp³-hybridized carbons (Fsp3) is 0.333. The van der Waals surface area contributed by atoms with Crippen molar-refractivity contribution in [2.45, 2.75) is 25.8 Å². The molecule has 1 saturated heterocycles. The second-order valence-corrected chi connectivity index (χ2v) is 7.54. The molecule has 2 unspecified atom stereocenters. The molecule has 1 fully saturated rings. The van der Waals surface area contributed by atoms with Gasteiger partial charge in [0, 0.05) is 17.7 Å². The number of carbonyl (C=O) groups is 2. The third-order valence-electron chi connectivity index (χ3n) is 5.40. The zero-order valence-electron chi connectivity index (χ0n) is 15.4. The van der Waals surface area contributed by atoms with Crippen molar-refractivity contribution in [2.24, 2.45) is 5.92 Å². The highest BCUT2D eigenvalue weighted by atomic mass is 35.5. The minimum absolute atomic E-state index is 0.213. The molecule has 1 aliphatic heterocycles. The van der Waals surface area contributed by atoms with Crippen molar-refractivity contribution >= 4 is 23.7 Å². The highest BCUT2D eigenvalue weighted by Crippen LogP contribution is 2.47. The van der Waals surface area contributed by atoms with Gasteiger partial charge in [-0.25, -0.2) is 9.59 Å². The van der Waals surface area contributed by atoms with Gasteiger partial charge >= 0.3 is 11.9 Å². The van der Waals surface area contributed by atoms with Crippen LogP contribution in [-0.4, -0.2) is 34.4 Å². The van der Waals surface area contributed by atoms with Crippen molar-refractivity contribution in [2.75, 3.05) is 13.6 Å². The van der Waals surface area contributed by atoms with Gasteiger partial charge in [0.1, 0.15) is 0 Å². The van der Waals surface area contributed by atoms with Gasteiger partial charge in [-0.05, 0) is 17.5 Å². The number of imide groups is 1. The van der Waals surface area contributed by atoms with E-state index < -0.39 is 5.54 Å². The first-order valence-corrected chi connectivity index (χ1v) is 9.25. The smallest absolute Gasteiger partial charge is 0.227 e. The molecule has 4 nitrogen and oxygen atoms in total. The molecule has 2 atom stereocenters. The molecule has 5 heteroatoms. The summed E-state index contributed by atoms with van der Waals surface area (Å²) in [5.41, 5.74) is 0.0692. The summed E-state index contributed by atoms with van der Waals surface area (Å²) in [6.45, 7) is 4.54. The van der Waals surface area contributed by atoms with Crippen LogP contribution in [0.15, 0.2) is 60.7 Å². The van der Waals surface area contributed by atoms with E-state index in [9.17, 15) is 9.59 Å².